The Hall–Kier alpha value is -1.73. The maximum absolute atomic E-state index is 11.7. The number of amides is 1. The van der Waals surface area contributed by atoms with Gasteiger partial charge in [-0.15, -0.1) is 11.3 Å². The third-order valence-electron chi connectivity index (χ3n) is 4.07. The largest absolute Gasteiger partial charge is 0.383 e. The Morgan fingerprint density at radius 1 is 1.43 bits per heavy atom. The monoisotopic (exact) mass is 305 g/mol. The van der Waals surface area contributed by atoms with E-state index in [0.717, 1.165) is 22.3 Å². The zero-order chi connectivity index (χ0) is 15.1. The predicted molar refractivity (Wildman–Crippen MR) is 84.2 cm³/mol. The summed E-state index contributed by atoms with van der Waals surface area (Å²) in [6, 6.07) is -0.161. The number of hydrogen-bond donors (Lipinski definition) is 2. The number of carbonyl (C=O) groups excluding carboxylic acids is 1. The average Bonchev–Trinajstić information content (AvgIpc) is 2.71. The predicted octanol–water partition coefficient (Wildman–Crippen LogP) is 1.21. The highest BCUT2D eigenvalue weighted by Gasteiger charge is 2.26. The molecule has 0 bridgehead atoms. The Morgan fingerprint density at radius 2 is 2.19 bits per heavy atom. The van der Waals surface area contributed by atoms with Crippen molar-refractivity contribution in [2.45, 2.75) is 33.4 Å². The van der Waals surface area contributed by atoms with E-state index < -0.39 is 0 Å². The van der Waals surface area contributed by atoms with Crippen LogP contribution in [0.1, 0.15) is 23.2 Å². The summed E-state index contributed by atoms with van der Waals surface area (Å²) < 4.78 is 0. The molecular formula is C14H19N5OS. The first kappa shape index (κ1) is 14.2. The summed E-state index contributed by atoms with van der Waals surface area (Å²) in [6.45, 7) is 8.03. The summed E-state index contributed by atoms with van der Waals surface area (Å²) in [6.07, 6.45) is 0. The van der Waals surface area contributed by atoms with Crippen LogP contribution in [0.5, 0.6) is 0 Å². The van der Waals surface area contributed by atoms with Gasteiger partial charge in [0.05, 0.1) is 18.0 Å². The summed E-state index contributed by atoms with van der Waals surface area (Å²) in [5, 5.41) is 3.82. The van der Waals surface area contributed by atoms with Crippen LogP contribution in [0.2, 0.25) is 0 Å². The number of aromatic nitrogens is 2. The number of piperazine rings is 1. The molecule has 0 aromatic carbocycles. The summed E-state index contributed by atoms with van der Waals surface area (Å²) in [5.41, 5.74) is 7.25. The van der Waals surface area contributed by atoms with Crippen molar-refractivity contribution < 1.29 is 4.79 Å². The second-order valence-electron chi connectivity index (χ2n) is 5.43. The molecule has 3 N–H and O–H groups in total. The Labute approximate surface area is 127 Å². The molecule has 7 heteroatoms. The highest BCUT2D eigenvalue weighted by atomic mass is 32.1. The minimum Gasteiger partial charge on any atom is -0.383 e. The van der Waals surface area contributed by atoms with Crippen molar-refractivity contribution in [1.82, 2.24) is 20.2 Å². The van der Waals surface area contributed by atoms with Crippen LogP contribution in [0.15, 0.2) is 0 Å². The van der Waals surface area contributed by atoms with Crippen molar-refractivity contribution in [2.75, 3.05) is 18.8 Å². The molecule has 1 aliphatic rings. The van der Waals surface area contributed by atoms with Gasteiger partial charge >= 0.3 is 0 Å². The Morgan fingerprint density at radius 3 is 2.95 bits per heavy atom. The molecule has 1 aliphatic heterocycles. The van der Waals surface area contributed by atoms with Gasteiger partial charge in [0.15, 0.2) is 0 Å². The standard InChI is InChI=1S/C14H19N5OS/c1-7-9(3)21-14-11(7)12(15)17-10(18-14)6-19-5-4-16-13(20)8(19)2/h8H,4-6H2,1-3H3,(H,16,20)(H2,15,17,18). The fourth-order valence-corrected chi connectivity index (χ4v) is 3.68. The molecule has 3 rings (SSSR count). The molecule has 2 aromatic rings. The lowest BCUT2D eigenvalue weighted by Gasteiger charge is -2.32. The topological polar surface area (TPSA) is 84.1 Å². The van der Waals surface area contributed by atoms with Gasteiger partial charge < -0.3 is 11.1 Å². The Bertz CT molecular complexity index is 711. The summed E-state index contributed by atoms with van der Waals surface area (Å²) in [5.74, 6) is 1.27. The van der Waals surface area contributed by atoms with E-state index in [9.17, 15) is 4.79 Å². The fourth-order valence-electron chi connectivity index (χ4n) is 2.62. The minimum absolute atomic E-state index is 0.0538. The minimum atomic E-state index is -0.161. The van der Waals surface area contributed by atoms with Crippen molar-refractivity contribution in [1.29, 1.82) is 0 Å². The van der Waals surface area contributed by atoms with Crippen molar-refractivity contribution in [3.05, 3.63) is 16.3 Å². The Balaban J connectivity index is 1.92. The molecule has 1 fully saturated rings. The van der Waals surface area contributed by atoms with Crippen LogP contribution in [0.4, 0.5) is 5.82 Å². The molecule has 1 saturated heterocycles. The van der Waals surface area contributed by atoms with Crippen LogP contribution in [0, 0.1) is 13.8 Å². The van der Waals surface area contributed by atoms with E-state index in [1.54, 1.807) is 11.3 Å². The number of nitrogens with zero attached hydrogens (tertiary/aromatic N) is 3. The molecule has 3 heterocycles. The number of anilines is 1. The smallest absolute Gasteiger partial charge is 0.237 e. The highest BCUT2D eigenvalue weighted by molar-refractivity contribution is 7.18. The van der Waals surface area contributed by atoms with Crippen LogP contribution in [-0.4, -0.2) is 39.9 Å². The Kier molecular flexibility index (Phi) is 3.54. The van der Waals surface area contributed by atoms with Gasteiger partial charge in [-0.1, -0.05) is 0 Å². The molecule has 1 atom stereocenters. The van der Waals surface area contributed by atoms with Gasteiger partial charge in [0.1, 0.15) is 16.5 Å². The van der Waals surface area contributed by atoms with Gasteiger partial charge in [-0.2, -0.15) is 0 Å². The lowest BCUT2D eigenvalue weighted by molar-refractivity contribution is -0.128. The number of nitrogen functional groups attached to an aromatic ring is 1. The lowest BCUT2D eigenvalue weighted by Crippen LogP contribution is -2.53. The lowest BCUT2D eigenvalue weighted by atomic mass is 10.2. The van der Waals surface area contributed by atoms with Gasteiger partial charge in [-0.3, -0.25) is 9.69 Å². The van der Waals surface area contributed by atoms with Crippen molar-refractivity contribution in [2.24, 2.45) is 0 Å². The number of aryl methyl sites for hydroxylation is 2. The molecule has 6 nitrogen and oxygen atoms in total. The molecule has 0 radical (unpaired) electrons. The molecule has 0 aliphatic carbocycles. The van der Waals surface area contributed by atoms with Gasteiger partial charge in [-0.05, 0) is 26.3 Å². The average molecular weight is 305 g/mol. The third kappa shape index (κ3) is 2.47. The normalized spacial score (nSPS) is 20.0. The maximum Gasteiger partial charge on any atom is 0.237 e. The second-order valence-corrected chi connectivity index (χ2v) is 6.63. The van der Waals surface area contributed by atoms with Gasteiger partial charge in [0.2, 0.25) is 5.91 Å². The van der Waals surface area contributed by atoms with Gasteiger partial charge in [0, 0.05) is 18.0 Å². The number of hydrogen-bond acceptors (Lipinski definition) is 6. The van der Waals surface area contributed by atoms with E-state index in [1.165, 1.54) is 4.88 Å². The zero-order valence-corrected chi connectivity index (χ0v) is 13.3. The van der Waals surface area contributed by atoms with E-state index in [-0.39, 0.29) is 11.9 Å². The van der Waals surface area contributed by atoms with E-state index in [2.05, 4.69) is 27.1 Å². The van der Waals surface area contributed by atoms with Crippen LogP contribution >= 0.6 is 11.3 Å². The highest BCUT2D eigenvalue weighted by Crippen LogP contribution is 2.32. The first-order valence-corrected chi connectivity index (χ1v) is 7.83. The molecule has 112 valence electrons. The number of carbonyl (C=O) groups is 1. The number of fused-ring (bicyclic) bond motifs is 1. The zero-order valence-electron chi connectivity index (χ0n) is 12.4. The molecule has 0 spiro atoms. The fraction of sp³-hybridized carbons (Fsp3) is 0.500. The summed E-state index contributed by atoms with van der Waals surface area (Å²) in [7, 11) is 0. The molecule has 1 amide bonds. The van der Waals surface area contributed by atoms with Crippen LogP contribution in [0.25, 0.3) is 10.2 Å². The molecule has 1 unspecified atom stereocenters. The van der Waals surface area contributed by atoms with Crippen LogP contribution < -0.4 is 11.1 Å². The number of thiophene rings is 1. The number of nitrogens with two attached hydrogens (primary N) is 1. The van der Waals surface area contributed by atoms with E-state index >= 15 is 0 Å². The molecule has 0 saturated carbocycles. The van der Waals surface area contributed by atoms with E-state index in [0.29, 0.717) is 24.7 Å². The van der Waals surface area contributed by atoms with E-state index in [4.69, 9.17) is 5.73 Å². The number of nitrogens with one attached hydrogen (secondary N) is 1. The van der Waals surface area contributed by atoms with Crippen molar-refractivity contribution in [3.8, 4) is 0 Å². The van der Waals surface area contributed by atoms with Crippen LogP contribution in [-0.2, 0) is 11.3 Å². The van der Waals surface area contributed by atoms with Gasteiger partial charge in [-0.25, -0.2) is 9.97 Å². The molecule has 2 aromatic heterocycles. The maximum atomic E-state index is 11.7. The second kappa shape index (κ2) is 5.23. The first-order valence-electron chi connectivity index (χ1n) is 7.01. The van der Waals surface area contributed by atoms with Gasteiger partial charge in [0.25, 0.3) is 0 Å². The van der Waals surface area contributed by atoms with Crippen molar-refractivity contribution in [3.63, 3.8) is 0 Å². The summed E-state index contributed by atoms with van der Waals surface area (Å²) in [4.78, 5) is 25.0. The SMILES string of the molecule is Cc1sc2nc(CN3CCNC(=O)C3C)nc(N)c2c1C. The summed E-state index contributed by atoms with van der Waals surface area (Å²) >= 11 is 1.64. The molecule has 21 heavy (non-hydrogen) atoms. The van der Waals surface area contributed by atoms with Crippen LogP contribution in [0.3, 0.4) is 0 Å². The molecular weight excluding hydrogens is 286 g/mol. The number of rotatable bonds is 2. The first-order chi connectivity index (χ1) is 9.97. The quantitative estimate of drug-likeness (QED) is 0.871. The van der Waals surface area contributed by atoms with E-state index in [1.807, 2.05) is 13.8 Å². The third-order valence-corrected chi connectivity index (χ3v) is 5.17. The van der Waals surface area contributed by atoms with Crippen molar-refractivity contribution >= 4 is 33.3 Å².